The highest BCUT2D eigenvalue weighted by atomic mass is 15.2. The predicted octanol–water partition coefficient (Wildman–Crippen LogP) is 2.08. The van der Waals surface area contributed by atoms with Crippen molar-refractivity contribution in [2.75, 3.05) is 32.6 Å². The first-order chi connectivity index (χ1) is 7.11. The minimum absolute atomic E-state index is 0.414. The van der Waals surface area contributed by atoms with Crippen molar-refractivity contribution >= 4 is 11.3 Å². The van der Waals surface area contributed by atoms with E-state index in [0.717, 1.165) is 6.54 Å². The van der Waals surface area contributed by atoms with Crippen molar-refractivity contribution in [3.05, 3.63) is 36.4 Å². The molecule has 1 aromatic carbocycles. The van der Waals surface area contributed by atoms with Crippen LogP contribution in [0.5, 0.6) is 0 Å². The Balaban J connectivity index is 2.32. The van der Waals surface area contributed by atoms with Gasteiger partial charge in [-0.25, -0.2) is 0 Å². The molecule has 80 valence electrons. The Morgan fingerprint density at radius 3 is 2.60 bits per heavy atom. The maximum absolute atomic E-state index is 4.21. The Hall–Kier alpha value is -1.28. The van der Waals surface area contributed by atoms with E-state index in [1.165, 1.54) is 16.8 Å². The Morgan fingerprint density at radius 1 is 1.33 bits per heavy atom. The highest BCUT2D eigenvalue weighted by Crippen LogP contribution is 2.37. The topological polar surface area (TPSA) is 6.48 Å². The van der Waals surface area contributed by atoms with E-state index in [4.69, 9.17) is 0 Å². The second kappa shape index (κ2) is 3.70. The van der Waals surface area contributed by atoms with E-state index < -0.39 is 0 Å². The quantitative estimate of drug-likeness (QED) is 0.724. The summed E-state index contributed by atoms with van der Waals surface area (Å²) in [5, 5.41) is 0. The van der Waals surface area contributed by atoms with E-state index in [9.17, 15) is 0 Å². The molecule has 2 rings (SSSR count). The van der Waals surface area contributed by atoms with Crippen LogP contribution in [0.4, 0.5) is 5.69 Å². The van der Waals surface area contributed by atoms with Gasteiger partial charge in [0.05, 0.1) is 6.04 Å². The number of para-hydroxylation sites is 1. The molecule has 0 spiro atoms. The van der Waals surface area contributed by atoms with Crippen LogP contribution in [0.2, 0.25) is 0 Å². The monoisotopic (exact) mass is 202 g/mol. The lowest BCUT2D eigenvalue weighted by molar-refractivity contribution is 0.396. The van der Waals surface area contributed by atoms with Crippen LogP contribution >= 0.6 is 0 Å². The first-order valence-corrected chi connectivity index (χ1v) is 5.27. The Morgan fingerprint density at radius 2 is 2.00 bits per heavy atom. The van der Waals surface area contributed by atoms with Gasteiger partial charge in [0, 0.05) is 24.8 Å². The predicted molar refractivity (Wildman–Crippen MR) is 66.2 cm³/mol. The van der Waals surface area contributed by atoms with Crippen LogP contribution in [0.3, 0.4) is 0 Å². The van der Waals surface area contributed by atoms with Crippen LogP contribution in [0.15, 0.2) is 30.8 Å². The van der Waals surface area contributed by atoms with Gasteiger partial charge in [-0.15, -0.1) is 0 Å². The normalized spacial score (nSPS) is 19.9. The SMILES string of the molecule is C=C1c2ccccc2N(C)C1CN(C)C. The lowest BCUT2D eigenvalue weighted by Crippen LogP contribution is -2.36. The van der Waals surface area contributed by atoms with Gasteiger partial charge in [0.25, 0.3) is 0 Å². The minimum Gasteiger partial charge on any atom is -0.366 e. The Bertz CT molecular complexity index is 382. The molecule has 0 saturated heterocycles. The van der Waals surface area contributed by atoms with Gasteiger partial charge in [0.1, 0.15) is 0 Å². The van der Waals surface area contributed by atoms with Crippen molar-refractivity contribution in [2.24, 2.45) is 0 Å². The van der Waals surface area contributed by atoms with Crippen molar-refractivity contribution in [2.45, 2.75) is 6.04 Å². The highest BCUT2D eigenvalue weighted by Gasteiger charge is 2.29. The molecule has 2 nitrogen and oxygen atoms in total. The van der Waals surface area contributed by atoms with Gasteiger partial charge >= 0.3 is 0 Å². The average molecular weight is 202 g/mol. The maximum atomic E-state index is 4.21. The zero-order chi connectivity index (χ0) is 11.0. The lowest BCUT2D eigenvalue weighted by Gasteiger charge is -2.25. The third kappa shape index (κ3) is 1.65. The summed E-state index contributed by atoms with van der Waals surface area (Å²) < 4.78 is 0. The number of nitrogens with zero attached hydrogens (tertiary/aromatic N) is 2. The molecule has 0 aliphatic carbocycles. The van der Waals surface area contributed by atoms with Crippen molar-refractivity contribution in [1.82, 2.24) is 4.90 Å². The molecule has 1 unspecified atom stereocenters. The minimum atomic E-state index is 0.414. The summed E-state index contributed by atoms with van der Waals surface area (Å²) in [5.74, 6) is 0. The van der Waals surface area contributed by atoms with Gasteiger partial charge in [0.15, 0.2) is 0 Å². The summed E-state index contributed by atoms with van der Waals surface area (Å²) in [6.07, 6.45) is 0. The van der Waals surface area contributed by atoms with Gasteiger partial charge in [-0.3, -0.25) is 0 Å². The van der Waals surface area contributed by atoms with Crippen molar-refractivity contribution < 1.29 is 0 Å². The second-order valence-corrected chi connectivity index (χ2v) is 4.43. The fraction of sp³-hybridized carbons (Fsp3) is 0.385. The third-order valence-corrected chi connectivity index (χ3v) is 3.04. The van der Waals surface area contributed by atoms with Crippen molar-refractivity contribution in [3.8, 4) is 0 Å². The van der Waals surface area contributed by atoms with Gasteiger partial charge in [-0.05, 0) is 25.7 Å². The molecule has 0 bridgehead atoms. The number of fused-ring (bicyclic) bond motifs is 1. The van der Waals surface area contributed by atoms with E-state index in [1.807, 2.05) is 0 Å². The highest BCUT2D eigenvalue weighted by molar-refractivity contribution is 5.86. The number of rotatable bonds is 2. The number of hydrogen-bond donors (Lipinski definition) is 0. The first-order valence-electron chi connectivity index (χ1n) is 5.27. The number of likely N-dealkylation sites (N-methyl/N-ethyl adjacent to an activating group) is 2. The molecule has 0 amide bonds. The average Bonchev–Trinajstić information content (AvgIpc) is 2.44. The molecule has 1 atom stereocenters. The van der Waals surface area contributed by atoms with Crippen LogP contribution in [0.25, 0.3) is 5.57 Å². The Labute approximate surface area is 91.8 Å². The van der Waals surface area contributed by atoms with Crippen molar-refractivity contribution in [1.29, 1.82) is 0 Å². The van der Waals surface area contributed by atoms with E-state index in [0.29, 0.717) is 6.04 Å². The summed E-state index contributed by atoms with van der Waals surface area (Å²) in [7, 11) is 6.35. The zero-order valence-corrected chi connectivity index (χ0v) is 9.70. The smallest absolute Gasteiger partial charge is 0.0667 e. The molecular formula is C13H18N2. The molecule has 1 heterocycles. The molecule has 0 radical (unpaired) electrons. The molecule has 0 aromatic heterocycles. The van der Waals surface area contributed by atoms with Crippen molar-refractivity contribution in [3.63, 3.8) is 0 Å². The summed E-state index contributed by atoms with van der Waals surface area (Å²) in [6, 6.07) is 8.90. The number of anilines is 1. The van der Waals surface area contributed by atoms with E-state index >= 15 is 0 Å². The zero-order valence-electron chi connectivity index (χ0n) is 9.70. The molecule has 0 saturated carbocycles. The van der Waals surface area contributed by atoms with Crippen LogP contribution in [-0.2, 0) is 0 Å². The van der Waals surface area contributed by atoms with E-state index in [-0.39, 0.29) is 0 Å². The summed E-state index contributed by atoms with van der Waals surface area (Å²) in [4.78, 5) is 4.52. The fourth-order valence-corrected chi connectivity index (χ4v) is 2.21. The molecule has 1 aromatic rings. The second-order valence-electron chi connectivity index (χ2n) is 4.43. The number of benzene rings is 1. The molecule has 1 aliphatic rings. The van der Waals surface area contributed by atoms with Crippen LogP contribution in [0.1, 0.15) is 5.56 Å². The van der Waals surface area contributed by atoms with E-state index in [1.54, 1.807) is 0 Å². The third-order valence-electron chi connectivity index (χ3n) is 3.04. The summed E-state index contributed by atoms with van der Waals surface area (Å²) in [5.41, 5.74) is 3.84. The molecule has 0 N–H and O–H groups in total. The molecule has 0 fully saturated rings. The van der Waals surface area contributed by atoms with E-state index in [2.05, 4.69) is 61.8 Å². The Kier molecular flexibility index (Phi) is 2.53. The van der Waals surface area contributed by atoms with Gasteiger partial charge in [-0.1, -0.05) is 24.8 Å². The van der Waals surface area contributed by atoms with Gasteiger partial charge < -0.3 is 9.80 Å². The fourth-order valence-electron chi connectivity index (χ4n) is 2.21. The molecule has 15 heavy (non-hydrogen) atoms. The summed E-state index contributed by atoms with van der Waals surface area (Å²) >= 11 is 0. The molecule has 1 aliphatic heterocycles. The van der Waals surface area contributed by atoms with Gasteiger partial charge in [0.2, 0.25) is 0 Å². The standard InChI is InChI=1S/C13H18N2/c1-10-11-7-5-6-8-12(11)15(4)13(10)9-14(2)3/h5-8,13H,1,9H2,2-4H3. The van der Waals surface area contributed by atoms with Crippen LogP contribution < -0.4 is 4.90 Å². The maximum Gasteiger partial charge on any atom is 0.0667 e. The van der Waals surface area contributed by atoms with Crippen LogP contribution in [-0.4, -0.2) is 38.6 Å². The first kappa shape index (κ1) is 10.2. The molecular weight excluding hydrogens is 184 g/mol. The lowest BCUT2D eigenvalue weighted by atomic mass is 10.0. The number of hydrogen-bond acceptors (Lipinski definition) is 2. The van der Waals surface area contributed by atoms with Crippen LogP contribution in [0, 0.1) is 0 Å². The largest absolute Gasteiger partial charge is 0.366 e. The molecule has 2 heteroatoms. The summed E-state index contributed by atoms with van der Waals surface area (Å²) in [6.45, 7) is 5.23. The van der Waals surface area contributed by atoms with Gasteiger partial charge in [-0.2, -0.15) is 0 Å².